The van der Waals surface area contributed by atoms with Crippen molar-refractivity contribution in [2.45, 2.75) is 26.3 Å². The summed E-state index contributed by atoms with van der Waals surface area (Å²) in [6, 6.07) is 8.86. The van der Waals surface area contributed by atoms with Gasteiger partial charge >= 0.3 is 0 Å². The Hall–Kier alpha value is -2.61. The maximum absolute atomic E-state index is 11.9. The highest BCUT2D eigenvalue weighted by Crippen LogP contribution is 2.09. The molecule has 1 aromatic carbocycles. The Bertz CT molecular complexity index is 622. The molecule has 102 valence electrons. The van der Waals surface area contributed by atoms with Crippen LogP contribution in [0.3, 0.4) is 0 Å². The van der Waals surface area contributed by atoms with E-state index in [1.807, 2.05) is 23.8 Å². The lowest BCUT2D eigenvalue weighted by molar-refractivity contribution is -0.116. The van der Waals surface area contributed by atoms with Crippen LogP contribution in [0, 0.1) is 11.3 Å². The third-order valence-electron chi connectivity index (χ3n) is 3.00. The number of anilines is 1. The van der Waals surface area contributed by atoms with Gasteiger partial charge in [0.25, 0.3) is 0 Å². The molecule has 2 rings (SSSR count). The van der Waals surface area contributed by atoms with Crippen LogP contribution in [0.4, 0.5) is 5.69 Å². The van der Waals surface area contributed by atoms with Crippen molar-refractivity contribution in [1.82, 2.24) is 9.55 Å². The molecule has 0 aliphatic heterocycles. The summed E-state index contributed by atoms with van der Waals surface area (Å²) < 4.78 is 1.98. The summed E-state index contributed by atoms with van der Waals surface area (Å²) in [5, 5.41) is 11.5. The molecule has 0 aliphatic rings. The number of carbonyl (C=O) groups excluding carboxylic acids is 1. The normalized spacial score (nSPS) is 10.0. The molecule has 0 bridgehead atoms. The first-order valence-corrected chi connectivity index (χ1v) is 6.53. The summed E-state index contributed by atoms with van der Waals surface area (Å²) in [7, 11) is 0. The van der Waals surface area contributed by atoms with Crippen molar-refractivity contribution in [1.29, 1.82) is 5.26 Å². The minimum Gasteiger partial charge on any atom is -0.334 e. The second-order valence-corrected chi connectivity index (χ2v) is 4.38. The second kappa shape index (κ2) is 6.53. The first kappa shape index (κ1) is 13.8. The van der Waals surface area contributed by atoms with Crippen molar-refractivity contribution in [3.05, 3.63) is 48.0 Å². The van der Waals surface area contributed by atoms with Gasteiger partial charge in [0.05, 0.1) is 11.6 Å². The maximum atomic E-state index is 11.9. The van der Waals surface area contributed by atoms with Gasteiger partial charge in [-0.15, -0.1) is 0 Å². The van der Waals surface area contributed by atoms with Crippen LogP contribution in [0.1, 0.15) is 24.7 Å². The van der Waals surface area contributed by atoms with Gasteiger partial charge in [-0.2, -0.15) is 5.26 Å². The van der Waals surface area contributed by atoms with Gasteiger partial charge in [-0.25, -0.2) is 4.98 Å². The molecule has 0 fully saturated rings. The number of imidazole rings is 1. The predicted molar refractivity (Wildman–Crippen MR) is 76.0 cm³/mol. The van der Waals surface area contributed by atoms with Gasteiger partial charge < -0.3 is 9.88 Å². The Morgan fingerprint density at radius 2 is 2.15 bits per heavy atom. The standard InChI is InChI=1S/C15H16N4O/c1-2-14-17-8-10-19(14)9-7-15(20)18-13-5-3-12(11-16)4-6-13/h3-6,8,10H,2,7,9H2,1H3,(H,18,20). The SMILES string of the molecule is CCc1nccn1CCC(=O)Nc1ccc(C#N)cc1. The maximum Gasteiger partial charge on any atom is 0.226 e. The minimum absolute atomic E-state index is 0.0505. The lowest BCUT2D eigenvalue weighted by Crippen LogP contribution is -2.15. The predicted octanol–water partition coefficient (Wildman–Crippen LogP) is 2.35. The Morgan fingerprint density at radius 1 is 1.40 bits per heavy atom. The van der Waals surface area contributed by atoms with Gasteiger partial charge in [-0.3, -0.25) is 4.79 Å². The summed E-state index contributed by atoms with van der Waals surface area (Å²) in [6.07, 6.45) is 4.87. The van der Waals surface area contributed by atoms with Crippen LogP contribution in [0.2, 0.25) is 0 Å². The van der Waals surface area contributed by atoms with Crippen LogP contribution in [-0.2, 0) is 17.8 Å². The first-order valence-electron chi connectivity index (χ1n) is 6.53. The molecule has 1 aromatic heterocycles. The van der Waals surface area contributed by atoms with E-state index in [1.165, 1.54) is 0 Å². The fourth-order valence-electron chi connectivity index (χ4n) is 1.93. The third kappa shape index (κ3) is 3.45. The summed E-state index contributed by atoms with van der Waals surface area (Å²) >= 11 is 0. The molecule has 5 heteroatoms. The molecule has 0 radical (unpaired) electrons. The number of aryl methyl sites for hydroxylation is 2. The lowest BCUT2D eigenvalue weighted by atomic mass is 10.2. The smallest absolute Gasteiger partial charge is 0.226 e. The summed E-state index contributed by atoms with van der Waals surface area (Å²) in [5.41, 5.74) is 1.28. The van der Waals surface area contributed by atoms with Crippen LogP contribution >= 0.6 is 0 Å². The van der Waals surface area contributed by atoms with Gasteiger partial charge in [0.1, 0.15) is 5.82 Å². The Balaban J connectivity index is 1.88. The van der Waals surface area contributed by atoms with Gasteiger partial charge in [0, 0.05) is 37.5 Å². The quantitative estimate of drug-likeness (QED) is 0.904. The fourth-order valence-corrected chi connectivity index (χ4v) is 1.93. The average Bonchev–Trinajstić information content (AvgIpc) is 2.93. The number of nitrogens with one attached hydrogen (secondary N) is 1. The summed E-state index contributed by atoms with van der Waals surface area (Å²) in [5.74, 6) is 0.932. The lowest BCUT2D eigenvalue weighted by Gasteiger charge is -2.07. The van der Waals surface area contributed by atoms with Gasteiger partial charge in [-0.1, -0.05) is 6.92 Å². The number of nitriles is 1. The van der Waals surface area contributed by atoms with Gasteiger partial charge in [-0.05, 0) is 24.3 Å². The number of hydrogen-bond acceptors (Lipinski definition) is 3. The van der Waals surface area contributed by atoms with E-state index in [4.69, 9.17) is 5.26 Å². The van der Waals surface area contributed by atoms with Crippen LogP contribution < -0.4 is 5.32 Å². The van der Waals surface area contributed by atoms with E-state index in [0.717, 1.165) is 12.2 Å². The number of aromatic nitrogens is 2. The monoisotopic (exact) mass is 268 g/mol. The Labute approximate surface area is 117 Å². The number of amides is 1. The van der Waals surface area contributed by atoms with E-state index in [0.29, 0.717) is 24.2 Å². The molecule has 0 unspecified atom stereocenters. The summed E-state index contributed by atoms with van der Waals surface area (Å²) in [6.45, 7) is 2.65. The van der Waals surface area contributed by atoms with E-state index < -0.39 is 0 Å². The van der Waals surface area contributed by atoms with Crippen molar-refractivity contribution < 1.29 is 4.79 Å². The largest absolute Gasteiger partial charge is 0.334 e. The Morgan fingerprint density at radius 3 is 2.80 bits per heavy atom. The van der Waals surface area contributed by atoms with Crippen LogP contribution in [0.15, 0.2) is 36.7 Å². The van der Waals surface area contributed by atoms with E-state index >= 15 is 0 Å². The highest BCUT2D eigenvalue weighted by atomic mass is 16.1. The molecule has 20 heavy (non-hydrogen) atoms. The summed E-state index contributed by atoms with van der Waals surface area (Å²) in [4.78, 5) is 16.1. The molecular weight excluding hydrogens is 252 g/mol. The molecule has 0 aliphatic carbocycles. The van der Waals surface area contributed by atoms with Crippen LogP contribution in [0.5, 0.6) is 0 Å². The van der Waals surface area contributed by atoms with Crippen LogP contribution in [0.25, 0.3) is 0 Å². The topological polar surface area (TPSA) is 70.7 Å². The molecule has 0 atom stereocenters. The zero-order valence-corrected chi connectivity index (χ0v) is 11.3. The molecular formula is C15H16N4O. The molecule has 0 saturated carbocycles. The molecule has 5 nitrogen and oxygen atoms in total. The van der Waals surface area contributed by atoms with Gasteiger partial charge in [0.15, 0.2) is 0 Å². The molecule has 1 heterocycles. The first-order chi connectivity index (χ1) is 9.72. The van der Waals surface area contributed by atoms with Crippen molar-refractivity contribution in [3.63, 3.8) is 0 Å². The average molecular weight is 268 g/mol. The highest BCUT2D eigenvalue weighted by Gasteiger charge is 2.05. The second-order valence-electron chi connectivity index (χ2n) is 4.38. The van der Waals surface area contributed by atoms with Crippen molar-refractivity contribution in [2.24, 2.45) is 0 Å². The number of rotatable bonds is 5. The molecule has 0 spiro atoms. The zero-order valence-electron chi connectivity index (χ0n) is 11.3. The number of benzene rings is 1. The molecule has 0 saturated heterocycles. The van der Waals surface area contributed by atoms with Crippen molar-refractivity contribution >= 4 is 11.6 Å². The fraction of sp³-hybridized carbons (Fsp3) is 0.267. The van der Waals surface area contributed by atoms with E-state index in [1.54, 1.807) is 30.5 Å². The van der Waals surface area contributed by atoms with Crippen molar-refractivity contribution in [2.75, 3.05) is 5.32 Å². The van der Waals surface area contributed by atoms with E-state index in [-0.39, 0.29) is 5.91 Å². The number of nitrogens with zero attached hydrogens (tertiary/aromatic N) is 3. The van der Waals surface area contributed by atoms with Gasteiger partial charge in [0.2, 0.25) is 5.91 Å². The van der Waals surface area contributed by atoms with E-state index in [9.17, 15) is 4.79 Å². The minimum atomic E-state index is -0.0505. The zero-order chi connectivity index (χ0) is 14.4. The third-order valence-corrected chi connectivity index (χ3v) is 3.00. The number of carbonyl (C=O) groups is 1. The Kier molecular flexibility index (Phi) is 4.51. The number of hydrogen-bond donors (Lipinski definition) is 1. The molecule has 1 amide bonds. The van der Waals surface area contributed by atoms with Crippen molar-refractivity contribution in [3.8, 4) is 6.07 Å². The van der Waals surface area contributed by atoms with E-state index in [2.05, 4.69) is 10.3 Å². The van der Waals surface area contributed by atoms with Crippen LogP contribution in [-0.4, -0.2) is 15.5 Å². The highest BCUT2D eigenvalue weighted by molar-refractivity contribution is 5.90. The molecule has 1 N–H and O–H groups in total. The molecule has 2 aromatic rings.